The van der Waals surface area contributed by atoms with Crippen molar-refractivity contribution in [2.75, 3.05) is 5.32 Å². The van der Waals surface area contributed by atoms with Crippen molar-refractivity contribution in [3.8, 4) is 5.75 Å². The van der Waals surface area contributed by atoms with Gasteiger partial charge >= 0.3 is 0 Å². The summed E-state index contributed by atoms with van der Waals surface area (Å²) in [7, 11) is 0. The number of halogens is 1. The second kappa shape index (κ2) is 9.28. The molecule has 2 aromatic carbocycles. The highest BCUT2D eigenvalue weighted by atomic mass is 35.5. The summed E-state index contributed by atoms with van der Waals surface area (Å²) >= 11 is 6.16. The summed E-state index contributed by atoms with van der Waals surface area (Å²) in [6, 6.07) is 17.6. The van der Waals surface area contributed by atoms with Gasteiger partial charge in [0.05, 0.1) is 17.3 Å². The van der Waals surface area contributed by atoms with Gasteiger partial charge in [0.15, 0.2) is 5.65 Å². The second-order valence-electron chi connectivity index (χ2n) is 7.37. The fraction of sp³-hybridized carbons (Fsp3) is 0.208. The van der Waals surface area contributed by atoms with Crippen LogP contribution in [0.3, 0.4) is 0 Å². The number of ether oxygens (including phenoxy) is 1. The Balaban J connectivity index is 1.54. The highest BCUT2D eigenvalue weighted by Gasteiger charge is 2.20. The molecule has 0 bridgehead atoms. The lowest BCUT2D eigenvalue weighted by Gasteiger charge is -2.18. The van der Waals surface area contributed by atoms with Crippen LogP contribution in [-0.2, 0) is 11.4 Å². The Bertz CT molecular complexity index is 1310. The number of hydrogen-bond acceptors (Lipinski definition) is 5. The number of nitrogens with zero attached hydrogens (tertiary/aromatic N) is 2. The molecule has 0 spiro atoms. The molecule has 0 aliphatic rings. The molecule has 0 aliphatic carbocycles. The number of aryl methyl sites for hydroxylation is 1. The lowest BCUT2D eigenvalue weighted by molar-refractivity contribution is -0.117. The molecule has 0 aliphatic heterocycles. The summed E-state index contributed by atoms with van der Waals surface area (Å²) in [6.07, 6.45) is 0.643. The molecule has 32 heavy (non-hydrogen) atoms. The summed E-state index contributed by atoms with van der Waals surface area (Å²) in [4.78, 5) is 29.6. The standard InChI is InChI=1S/C24H22ClN3O4/c1-3-19(16-7-5-4-6-8-16)24(30)27-20-12-17(25)9-10-21(20)31-14-18-13-23(29)28-22(26-18)11-15(2)32-28/h4-13,19H,3,14H2,1-2H3,(H,27,30)/t19-/m1/s1. The van der Waals surface area contributed by atoms with E-state index in [1.54, 1.807) is 31.2 Å². The highest BCUT2D eigenvalue weighted by Crippen LogP contribution is 2.30. The van der Waals surface area contributed by atoms with Crippen LogP contribution in [-0.4, -0.2) is 15.5 Å². The molecule has 1 amide bonds. The third-order valence-electron chi connectivity index (χ3n) is 5.03. The van der Waals surface area contributed by atoms with Gasteiger partial charge in [-0.2, -0.15) is 0 Å². The Labute approximate surface area is 189 Å². The number of fused-ring (bicyclic) bond motifs is 1. The molecule has 0 unspecified atom stereocenters. The molecule has 4 rings (SSSR count). The van der Waals surface area contributed by atoms with Gasteiger partial charge < -0.3 is 14.6 Å². The van der Waals surface area contributed by atoms with Gasteiger partial charge in [-0.05, 0) is 37.1 Å². The zero-order valence-electron chi connectivity index (χ0n) is 17.7. The van der Waals surface area contributed by atoms with Crippen molar-refractivity contribution < 1.29 is 14.1 Å². The SMILES string of the molecule is CC[C@@H](C(=O)Nc1cc(Cl)ccc1OCc1cc(=O)n2oc(C)cc2n1)c1ccccc1. The van der Waals surface area contributed by atoms with Crippen molar-refractivity contribution in [3.63, 3.8) is 0 Å². The van der Waals surface area contributed by atoms with Crippen LogP contribution in [0.15, 0.2) is 70.0 Å². The lowest BCUT2D eigenvalue weighted by atomic mass is 9.95. The molecule has 4 aromatic rings. The second-order valence-corrected chi connectivity index (χ2v) is 7.81. The molecule has 0 saturated carbocycles. The van der Waals surface area contributed by atoms with Gasteiger partial charge in [-0.25, -0.2) is 4.98 Å². The fourth-order valence-electron chi connectivity index (χ4n) is 3.50. The van der Waals surface area contributed by atoms with Crippen molar-refractivity contribution >= 4 is 28.8 Å². The van der Waals surface area contributed by atoms with Crippen LogP contribution >= 0.6 is 11.6 Å². The highest BCUT2D eigenvalue weighted by molar-refractivity contribution is 6.31. The van der Waals surface area contributed by atoms with Gasteiger partial charge in [-0.15, -0.1) is 4.57 Å². The van der Waals surface area contributed by atoms with E-state index in [1.165, 1.54) is 6.07 Å². The minimum absolute atomic E-state index is 0.0381. The van der Waals surface area contributed by atoms with E-state index in [0.29, 0.717) is 40.0 Å². The van der Waals surface area contributed by atoms with E-state index in [-0.39, 0.29) is 24.0 Å². The number of amides is 1. The summed E-state index contributed by atoms with van der Waals surface area (Å²) < 4.78 is 12.3. The Kier molecular flexibility index (Phi) is 6.28. The van der Waals surface area contributed by atoms with Gasteiger partial charge in [-0.1, -0.05) is 48.9 Å². The molecule has 7 nitrogen and oxygen atoms in total. The first-order valence-corrected chi connectivity index (χ1v) is 10.6. The Morgan fingerprint density at radius 2 is 1.97 bits per heavy atom. The van der Waals surface area contributed by atoms with Gasteiger partial charge in [0.1, 0.15) is 18.1 Å². The number of benzene rings is 2. The largest absolute Gasteiger partial charge is 0.485 e. The van der Waals surface area contributed by atoms with E-state index in [0.717, 1.165) is 10.1 Å². The van der Waals surface area contributed by atoms with Gasteiger partial charge in [0.25, 0.3) is 5.56 Å². The Hall–Kier alpha value is -3.58. The van der Waals surface area contributed by atoms with Crippen LogP contribution in [0.5, 0.6) is 5.75 Å². The van der Waals surface area contributed by atoms with E-state index >= 15 is 0 Å². The first-order chi connectivity index (χ1) is 15.4. The summed E-state index contributed by atoms with van der Waals surface area (Å²) in [5, 5.41) is 3.40. The van der Waals surface area contributed by atoms with Crippen molar-refractivity contribution in [3.05, 3.63) is 93.1 Å². The van der Waals surface area contributed by atoms with Gasteiger partial charge in [-0.3, -0.25) is 9.59 Å². The monoisotopic (exact) mass is 451 g/mol. The number of carbonyl (C=O) groups is 1. The van der Waals surface area contributed by atoms with Crippen molar-refractivity contribution in [1.29, 1.82) is 0 Å². The molecule has 0 fully saturated rings. The summed E-state index contributed by atoms with van der Waals surface area (Å²) in [5.74, 6) is 0.546. The zero-order valence-corrected chi connectivity index (χ0v) is 18.4. The van der Waals surface area contributed by atoms with E-state index in [2.05, 4.69) is 10.3 Å². The van der Waals surface area contributed by atoms with E-state index in [9.17, 15) is 9.59 Å². The molecule has 2 aromatic heterocycles. The molecule has 2 heterocycles. The smallest absolute Gasteiger partial charge is 0.287 e. The average molecular weight is 452 g/mol. The van der Waals surface area contributed by atoms with E-state index < -0.39 is 0 Å². The topological polar surface area (TPSA) is 85.8 Å². The van der Waals surface area contributed by atoms with Crippen molar-refractivity contribution in [2.45, 2.75) is 32.8 Å². The molecule has 0 saturated heterocycles. The van der Waals surface area contributed by atoms with Crippen LogP contribution in [0, 0.1) is 6.92 Å². The zero-order chi connectivity index (χ0) is 22.7. The number of anilines is 1. The molecular formula is C24H22ClN3O4. The van der Waals surface area contributed by atoms with Crippen molar-refractivity contribution in [2.24, 2.45) is 0 Å². The number of aromatic nitrogens is 2. The first-order valence-electron chi connectivity index (χ1n) is 10.2. The molecular weight excluding hydrogens is 430 g/mol. The van der Waals surface area contributed by atoms with Crippen LogP contribution in [0.4, 0.5) is 5.69 Å². The van der Waals surface area contributed by atoms with Crippen LogP contribution in [0.1, 0.15) is 36.3 Å². The van der Waals surface area contributed by atoms with Crippen LogP contribution in [0.2, 0.25) is 5.02 Å². The van der Waals surface area contributed by atoms with Gasteiger partial charge in [0, 0.05) is 17.2 Å². The maximum atomic E-state index is 13.0. The number of rotatable bonds is 7. The maximum absolute atomic E-state index is 13.0. The lowest BCUT2D eigenvalue weighted by Crippen LogP contribution is -2.21. The predicted molar refractivity (Wildman–Crippen MR) is 122 cm³/mol. The number of hydrogen-bond donors (Lipinski definition) is 1. The fourth-order valence-corrected chi connectivity index (χ4v) is 3.67. The number of nitrogens with one attached hydrogen (secondary N) is 1. The van der Waals surface area contributed by atoms with Crippen molar-refractivity contribution in [1.82, 2.24) is 9.56 Å². The van der Waals surface area contributed by atoms with Gasteiger partial charge in [0.2, 0.25) is 5.91 Å². The first kappa shape index (κ1) is 21.6. The molecule has 0 radical (unpaired) electrons. The summed E-state index contributed by atoms with van der Waals surface area (Å²) in [6.45, 7) is 3.74. The third-order valence-corrected chi connectivity index (χ3v) is 5.26. The minimum Gasteiger partial charge on any atom is -0.485 e. The minimum atomic E-state index is -0.333. The maximum Gasteiger partial charge on any atom is 0.287 e. The quantitative estimate of drug-likeness (QED) is 0.429. The molecule has 164 valence electrons. The van der Waals surface area contributed by atoms with E-state index in [4.69, 9.17) is 20.9 Å². The predicted octanol–water partition coefficient (Wildman–Crippen LogP) is 4.96. The summed E-state index contributed by atoms with van der Waals surface area (Å²) in [5.41, 5.74) is 1.91. The molecule has 1 N–H and O–H groups in total. The Morgan fingerprint density at radius 3 is 2.72 bits per heavy atom. The molecule has 1 atom stereocenters. The Morgan fingerprint density at radius 1 is 1.19 bits per heavy atom. The number of carbonyl (C=O) groups excluding carboxylic acids is 1. The average Bonchev–Trinajstić information content (AvgIpc) is 3.15. The van der Waals surface area contributed by atoms with E-state index in [1.807, 2.05) is 37.3 Å². The third kappa shape index (κ3) is 4.68. The van der Waals surface area contributed by atoms with Crippen LogP contribution in [0.25, 0.3) is 5.65 Å². The normalized spacial score (nSPS) is 12.0. The molecule has 8 heteroatoms. The van der Waals surface area contributed by atoms with Crippen LogP contribution < -0.4 is 15.6 Å².